The largest absolute Gasteiger partial charge is 0.497 e. The Morgan fingerprint density at radius 1 is 1.10 bits per heavy atom. The maximum atomic E-state index is 10.8. The van der Waals surface area contributed by atoms with Crippen molar-refractivity contribution >= 4 is 47.4 Å². The molecule has 2 N–H and O–H groups in total. The van der Waals surface area contributed by atoms with E-state index in [-0.39, 0.29) is 29.7 Å². The number of nitro groups is 1. The lowest BCUT2D eigenvalue weighted by atomic mass is 10.2. The Morgan fingerprint density at radius 3 is 2.34 bits per heavy atom. The van der Waals surface area contributed by atoms with E-state index in [1.54, 1.807) is 19.2 Å². The zero-order valence-corrected chi connectivity index (χ0v) is 19.7. The molecular formula is C20H27IN4O3S. The first-order valence-electron chi connectivity index (χ1n) is 8.99. The van der Waals surface area contributed by atoms with Crippen LogP contribution in [0.1, 0.15) is 17.5 Å². The number of aliphatic imine (C=N–C) groups is 1. The van der Waals surface area contributed by atoms with Crippen LogP contribution in [0.4, 0.5) is 5.69 Å². The van der Waals surface area contributed by atoms with E-state index >= 15 is 0 Å². The number of non-ortho nitro benzene ring substituents is 1. The van der Waals surface area contributed by atoms with Crippen LogP contribution in [0.25, 0.3) is 0 Å². The second-order valence-corrected chi connectivity index (χ2v) is 7.05. The zero-order valence-electron chi connectivity index (χ0n) is 16.6. The minimum atomic E-state index is -0.397. The van der Waals surface area contributed by atoms with Gasteiger partial charge in [0, 0.05) is 25.2 Å². The fraction of sp³-hybridized carbons (Fsp3) is 0.350. The van der Waals surface area contributed by atoms with Crippen molar-refractivity contribution in [2.75, 3.05) is 25.7 Å². The number of nitrogens with one attached hydrogen (secondary N) is 2. The number of guanidine groups is 1. The third kappa shape index (κ3) is 9.35. The summed E-state index contributed by atoms with van der Waals surface area (Å²) in [6.07, 6.45) is 3.13. The van der Waals surface area contributed by atoms with Crippen molar-refractivity contribution in [1.29, 1.82) is 0 Å². The topological polar surface area (TPSA) is 88.8 Å². The number of hydrogen-bond donors (Lipinski definition) is 2. The van der Waals surface area contributed by atoms with Gasteiger partial charge in [-0.3, -0.25) is 10.1 Å². The van der Waals surface area contributed by atoms with Gasteiger partial charge in [0.2, 0.25) is 0 Å². The predicted octanol–water partition coefficient (Wildman–Crippen LogP) is 4.21. The molecule has 7 nitrogen and oxygen atoms in total. The number of halogens is 1. The summed E-state index contributed by atoms with van der Waals surface area (Å²) >= 11 is 1.81. The van der Waals surface area contributed by atoms with Gasteiger partial charge in [0.05, 0.1) is 18.6 Å². The average molecular weight is 530 g/mol. The summed E-state index contributed by atoms with van der Waals surface area (Å²) in [5.74, 6) is 2.62. The van der Waals surface area contributed by atoms with Crippen molar-refractivity contribution in [3.05, 3.63) is 69.8 Å². The molecule has 2 rings (SSSR count). The van der Waals surface area contributed by atoms with Crippen LogP contribution in [0.2, 0.25) is 0 Å². The number of rotatable bonds is 10. The van der Waals surface area contributed by atoms with Gasteiger partial charge in [-0.05, 0) is 41.7 Å². The molecule has 0 radical (unpaired) electrons. The minimum absolute atomic E-state index is 0. The lowest BCUT2D eigenvalue weighted by Crippen LogP contribution is -2.37. The highest BCUT2D eigenvalue weighted by molar-refractivity contribution is 14.0. The summed E-state index contributed by atoms with van der Waals surface area (Å²) in [7, 11) is 1.64. The Hall–Kier alpha value is -2.01. The molecule has 0 unspecified atom stereocenters. The molecule has 0 aliphatic rings. The highest BCUT2D eigenvalue weighted by atomic mass is 127. The van der Waals surface area contributed by atoms with Crippen LogP contribution in [0.3, 0.4) is 0 Å². The first-order chi connectivity index (χ1) is 13.6. The fourth-order valence-corrected chi connectivity index (χ4v) is 2.85. The van der Waals surface area contributed by atoms with Crippen LogP contribution in [-0.2, 0) is 13.1 Å². The normalized spacial score (nSPS) is 10.8. The molecule has 0 heterocycles. The van der Waals surface area contributed by atoms with Crippen LogP contribution in [-0.4, -0.2) is 36.5 Å². The summed E-state index contributed by atoms with van der Waals surface area (Å²) in [4.78, 5) is 15.0. The molecule has 2 aromatic carbocycles. The van der Waals surface area contributed by atoms with Gasteiger partial charge in [-0.25, -0.2) is 4.99 Å². The summed E-state index contributed by atoms with van der Waals surface area (Å²) in [6, 6.07) is 14.3. The maximum absolute atomic E-state index is 10.8. The molecule has 0 aromatic heterocycles. The minimum Gasteiger partial charge on any atom is -0.497 e. The third-order valence-corrected chi connectivity index (χ3v) is 4.70. The van der Waals surface area contributed by atoms with Crippen LogP contribution in [0.5, 0.6) is 5.75 Å². The number of benzene rings is 2. The number of thioether (sulfide) groups is 1. The number of nitrogens with zero attached hydrogens (tertiary/aromatic N) is 2. The van der Waals surface area contributed by atoms with Crippen molar-refractivity contribution in [3.8, 4) is 5.75 Å². The van der Waals surface area contributed by atoms with E-state index in [4.69, 9.17) is 4.74 Å². The molecule has 0 atom stereocenters. The van der Waals surface area contributed by atoms with Crippen LogP contribution in [0.15, 0.2) is 53.5 Å². The van der Waals surface area contributed by atoms with Crippen molar-refractivity contribution in [1.82, 2.24) is 10.6 Å². The molecule has 29 heavy (non-hydrogen) atoms. The molecule has 0 aliphatic carbocycles. The second kappa shape index (κ2) is 14.0. The van der Waals surface area contributed by atoms with Gasteiger partial charge in [0.15, 0.2) is 5.96 Å². The monoisotopic (exact) mass is 530 g/mol. The Bertz CT molecular complexity index is 770. The molecule has 0 saturated carbocycles. The Labute approximate surface area is 192 Å². The van der Waals surface area contributed by atoms with Crippen LogP contribution >= 0.6 is 35.7 Å². The smallest absolute Gasteiger partial charge is 0.269 e. The maximum Gasteiger partial charge on any atom is 0.269 e. The summed E-state index contributed by atoms with van der Waals surface area (Å²) < 4.78 is 5.18. The molecule has 9 heteroatoms. The molecule has 0 amide bonds. The summed E-state index contributed by atoms with van der Waals surface area (Å²) in [6.45, 7) is 1.91. The van der Waals surface area contributed by atoms with Crippen molar-refractivity contribution in [2.24, 2.45) is 4.99 Å². The lowest BCUT2D eigenvalue weighted by molar-refractivity contribution is -0.384. The first kappa shape index (κ1) is 25.0. The van der Waals surface area contributed by atoms with Crippen LogP contribution < -0.4 is 15.4 Å². The summed E-state index contributed by atoms with van der Waals surface area (Å²) in [5, 5.41) is 17.4. The number of hydrogen-bond acceptors (Lipinski definition) is 5. The lowest BCUT2D eigenvalue weighted by Gasteiger charge is -2.13. The van der Waals surface area contributed by atoms with Gasteiger partial charge >= 0.3 is 0 Å². The first-order valence-corrected chi connectivity index (χ1v) is 10.4. The van der Waals surface area contributed by atoms with E-state index in [0.29, 0.717) is 13.1 Å². The van der Waals surface area contributed by atoms with E-state index in [0.717, 1.165) is 41.6 Å². The van der Waals surface area contributed by atoms with Crippen molar-refractivity contribution < 1.29 is 9.66 Å². The highest BCUT2D eigenvalue weighted by Gasteiger charge is 2.05. The molecule has 0 aliphatic heterocycles. The number of ether oxygens (including phenoxy) is 1. The molecule has 158 valence electrons. The SMILES string of the molecule is COc1ccc(CN=C(NCCCSC)NCc2ccc([N+](=O)[O-])cc2)cc1.I. The van der Waals surface area contributed by atoms with Gasteiger partial charge in [0.1, 0.15) is 5.75 Å². The molecule has 0 bridgehead atoms. The zero-order chi connectivity index (χ0) is 20.2. The van der Waals surface area contributed by atoms with Gasteiger partial charge in [-0.1, -0.05) is 24.3 Å². The fourth-order valence-electron chi connectivity index (χ4n) is 2.42. The quantitative estimate of drug-likeness (QED) is 0.120. The van der Waals surface area contributed by atoms with E-state index in [1.165, 1.54) is 12.1 Å². The third-order valence-electron chi connectivity index (χ3n) is 4.00. The second-order valence-electron chi connectivity index (χ2n) is 6.06. The molecular weight excluding hydrogens is 503 g/mol. The Balaban J connectivity index is 0.00000420. The Morgan fingerprint density at radius 2 is 1.76 bits per heavy atom. The predicted molar refractivity (Wildman–Crippen MR) is 130 cm³/mol. The molecule has 0 fully saturated rings. The van der Waals surface area contributed by atoms with E-state index < -0.39 is 4.92 Å². The summed E-state index contributed by atoms with van der Waals surface area (Å²) in [5.41, 5.74) is 2.13. The van der Waals surface area contributed by atoms with Gasteiger partial charge in [-0.15, -0.1) is 24.0 Å². The van der Waals surface area contributed by atoms with Gasteiger partial charge in [-0.2, -0.15) is 11.8 Å². The van der Waals surface area contributed by atoms with Crippen molar-refractivity contribution in [2.45, 2.75) is 19.5 Å². The van der Waals surface area contributed by atoms with Gasteiger partial charge < -0.3 is 15.4 Å². The molecule has 0 saturated heterocycles. The Kier molecular flexibility index (Phi) is 12.1. The van der Waals surface area contributed by atoms with E-state index in [1.807, 2.05) is 36.0 Å². The molecule has 2 aromatic rings. The number of methoxy groups -OCH3 is 1. The standard InChI is InChI=1S/C20H26N4O3S.HI/c1-27-19-10-6-17(7-11-19)15-23-20(21-12-3-13-28-2)22-14-16-4-8-18(9-5-16)24(25)26;/h4-11H,3,12-15H2,1-2H3,(H2,21,22,23);1H. The average Bonchev–Trinajstić information content (AvgIpc) is 2.73. The number of nitro benzene ring substituents is 1. The van der Waals surface area contributed by atoms with E-state index in [2.05, 4.69) is 21.9 Å². The highest BCUT2D eigenvalue weighted by Crippen LogP contribution is 2.13. The van der Waals surface area contributed by atoms with Crippen molar-refractivity contribution in [3.63, 3.8) is 0 Å². The van der Waals surface area contributed by atoms with Crippen LogP contribution in [0, 0.1) is 10.1 Å². The van der Waals surface area contributed by atoms with E-state index in [9.17, 15) is 10.1 Å². The molecule has 0 spiro atoms. The van der Waals surface area contributed by atoms with Gasteiger partial charge in [0.25, 0.3) is 5.69 Å².